The topological polar surface area (TPSA) is 106 Å². The Morgan fingerprint density at radius 3 is 3.06 bits per heavy atom. The van der Waals surface area contributed by atoms with E-state index in [0.717, 1.165) is 52.6 Å². The van der Waals surface area contributed by atoms with Crippen molar-refractivity contribution in [2.24, 2.45) is 0 Å². The van der Waals surface area contributed by atoms with Gasteiger partial charge >= 0.3 is 0 Å². The molecule has 0 bridgehead atoms. The lowest BCUT2D eigenvalue weighted by molar-refractivity contribution is 0.0589. The first-order valence-corrected chi connectivity index (χ1v) is 10.6. The number of anilines is 1. The van der Waals surface area contributed by atoms with Crippen LogP contribution in [0, 0.1) is 11.8 Å². The number of aromatic nitrogens is 4. The van der Waals surface area contributed by atoms with Crippen LogP contribution in [0.15, 0.2) is 47.8 Å². The van der Waals surface area contributed by atoms with Crippen molar-refractivity contribution in [3.63, 3.8) is 0 Å². The standard InChI is InChI=1S/C24H24N6O2/c1-3-20-28-18-11-15(6-8-19(18)32-20)5-7-16-12-30(24-22(16)23(25)26-14-27-24)17-9-10-29(13-17)21(31)4-2/h4,6,8,11-12,14,17,21,31H,2-3,9-10,13H2,1H3,(H2,25,26,27)/t17-,21?/m0/s1. The smallest absolute Gasteiger partial charge is 0.195 e. The number of fused-ring (bicyclic) bond motifs is 2. The van der Waals surface area contributed by atoms with E-state index in [4.69, 9.17) is 10.2 Å². The molecule has 3 aromatic heterocycles. The van der Waals surface area contributed by atoms with Crippen LogP contribution >= 0.6 is 0 Å². The summed E-state index contributed by atoms with van der Waals surface area (Å²) in [6, 6.07) is 5.89. The quantitative estimate of drug-likeness (QED) is 0.380. The molecule has 1 saturated heterocycles. The fourth-order valence-corrected chi connectivity index (χ4v) is 4.21. The molecule has 0 aliphatic carbocycles. The third kappa shape index (κ3) is 3.51. The Bertz CT molecular complexity index is 1380. The number of rotatable bonds is 4. The van der Waals surface area contributed by atoms with Crippen molar-refractivity contribution in [2.45, 2.75) is 32.0 Å². The van der Waals surface area contributed by atoms with Crippen molar-refractivity contribution < 1.29 is 9.52 Å². The van der Waals surface area contributed by atoms with E-state index in [1.807, 2.05) is 36.2 Å². The molecule has 162 valence electrons. The van der Waals surface area contributed by atoms with Crippen LogP contribution in [0.25, 0.3) is 22.1 Å². The number of aryl methyl sites for hydroxylation is 1. The lowest BCUT2D eigenvalue weighted by Crippen LogP contribution is -2.31. The van der Waals surface area contributed by atoms with E-state index in [-0.39, 0.29) is 6.04 Å². The molecule has 1 aromatic carbocycles. The third-order valence-corrected chi connectivity index (χ3v) is 5.89. The van der Waals surface area contributed by atoms with Gasteiger partial charge in [-0.2, -0.15) is 0 Å². The van der Waals surface area contributed by atoms with Crippen LogP contribution in [0.3, 0.4) is 0 Å². The number of oxazole rings is 1. The molecule has 8 nitrogen and oxygen atoms in total. The summed E-state index contributed by atoms with van der Waals surface area (Å²) < 4.78 is 7.78. The van der Waals surface area contributed by atoms with Crippen LogP contribution in [0.4, 0.5) is 5.82 Å². The fraction of sp³-hybridized carbons (Fsp3) is 0.292. The van der Waals surface area contributed by atoms with Gasteiger partial charge in [0.15, 0.2) is 11.5 Å². The molecule has 0 amide bonds. The second-order valence-electron chi connectivity index (χ2n) is 7.89. The summed E-state index contributed by atoms with van der Waals surface area (Å²) in [6.45, 7) is 7.16. The van der Waals surface area contributed by atoms with Crippen LogP contribution in [-0.2, 0) is 6.42 Å². The highest BCUT2D eigenvalue weighted by molar-refractivity contribution is 5.92. The van der Waals surface area contributed by atoms with Crippen LogP contribution < -0.4 is 5.73 Å². The van der Waals surface area contributed by atoms with Crippen LogP contribution in [0.2, 0.25) is 0 Å². The summed E-state index contributed by atoms with van der Waals surface area (Å²) in [5.74, 6) is 7.59. The number of aliphatic hydroxyl groups is 1. The van der Waals surface area contributed by atoms with Gasteiger partial charge in [-0.15, -0.1) is 0 Å². The summed E-state index contributed by atoms with van der Waals surface area (Å²) in [4.78, 5) is 15.1. The number of likely N-dealkylation sites (tertiary alicyclic amines) is 1. The molecular weight excluding hydrogens is 404 g/mol. The summed E-state index contributed by atoms with van der Waals surface area (Å²) in [6.07, 6.45) is 5.98. The first-order valence-electron chi connectivity index (χ1n) is 10.6. The highest BCUT2D eigenvalue weighted by Gasteiger charge is 2.29. The fourth-order valence-electron chi connectivity index (χ4n) is 4.21. The van der Waals surface area contributed by atoms with Gasteiger partial charge < -0.3 is 19.8 Å². The lowest BCUT2D eigenvalue weighted by atomic mass is 10.2. The minimum atomic E-state index is -0.652. The summed E-state index contributed by atoms with van der Waals surface area (Å²) in [5.41, 5.74) is 10.1. The summed E-state index contributed by atoms with van der Waals surface area (Å²) >= 11 is 0. The monoisotopic (exact) mass is 428 g/mol. The zero-order chi connectivity index (χ0) is 22.2. The maximum Gasteiger partial charge on any atom is 0.195 e. The van der Waals surface area contributed by atoms with Gasteiger partial charge in [-0.25, -0.2) is 15.0 Å². The summed E-state index contributed by atoms with van der Waals surface area (Å²) in [5, 5.41) is 10.9. The Morgan fingerprint density at radius 1 is 1.38 bits per heavy atom. The molecule has 1 fully saturated rings. The van der Waals surface area contributed by atoms with Gasteiger partial charge in [0.1, 0.15) is 29.5 Å². The van der Waals surface area contributed by atoms with Crippen molar-refractivity contribution in [1.82, 2.24) is 24.4 Å². The first-order chi connectivity index (χ1) is 15.6. The molecule has 5 rings (SSSR count). The van der Waals surface area contributed by atoms with Crippen molar-refractivity contribution in [2.75, 3.05) is 18.8 Å². The highest BCUT2D eigenvalue weighted by Crippen LogP contribution is 2.31. The molecular formula is C24H24N6O2. The summed E-state index contributed by atoms with van der Waals surface area (Å²) in [7, 11) is 0. The molecule has 3 N–H and O–H groups in total. The van der Waals surface area contributed by atoms with E-state index in [1.54, 1.807) is 6.08 Å². The van der Waals surface area contributed by atoms with Gasteiger partial charge in [0, 0.05) is 37.3 Å². The molecule has 1 unspecified atom stereocenters. The van der Waals surface area contributed by atoms with Crippen molar-refractivity contribution in [3.8, 4) is 11.8 Å². The van der Waals surface area contributed by atoms with E-state index in [2.05, 4.69) is 37.9 Å². The maximum atomic E-state index is 10.1. The van der Waals surface area contributed by atoms with E-state index in [0.29, 0.717) is 18.3 Å². The normalized spacial score (nSPS) is 17.5. The van der Waals surface area contributed by atoms with E-state index in [1.165, 1.54) is 6.33 Å². The van der Waals surface area contributed by atoms with Gasteiger partial charge in [0.2, 0.25) is 0 Å². The van der Waals surface area contributed by atoms with Gasteiger partial charge in [0.05, 0.1) is 10.9 Å². The molecule has 4 heterocycles. The Hall–Kier alpha value is -3.67. The van der Waals surface area contributed by atoms with E-state index < -0.39 is 6.23 Å². The molecule has 4 aromatic rings. The van der Waals surface area contributed by atoms with Crippen LogP contribution in [-0.4, -0.2) is 48.8 Å². The predicted molar refractivity (Wildman–Crippen MR) is 123 cm³/mol. The number of nitrogens with two attached hydrogens (primary N) is 1. The second kappa shape index (κ2) is 8.11. The van der Waals surface area contributed by atoms with Crippen LogP contribution in [0.1, 0.15) is 36.4 Å². The predicted octanol–water partition coefficient (Wildman–Crippen LogP) is 2.87. The minimum absolute atomic E-state index is 0.149. The molecule has 8 heteroatoms. The van der Waals surface area contributed by atoms with E-state index in [9.17, 15) is 5.11 Å². The Kier molecular flexibility index (Phi) is 5.13. The Labute approximate surface area is 185 Å². The van der Waals surface area contributed by atoms with Gasteiger partial charge in [0.25, 0.3) is 0 Å². The zero-order valence-corrected chi connectivity index (χ0v) is 17.8. The number of nitrogen functional groups attached to an aromatic ring is 1. The average Bonchev–Trinajstić information content (AvgIpc) is 3.53. The lowest BCUT2D eigenvalue weighted by Gasteiger charge is -2.20. The van der Waals surface area contributed by atoms with Crippen molar-refractivity contribution >= 4 is 28.0 Å². The highest BCUT2D eigenvalue weighted by atomic mass is 16.3. The van der Waals surface area contributed by atoms with Crippen molar-refractivity contribution in [3.05, 3.63) is 60.4 Å². The molecule has 1 aliphatic heterocycles. The number of hydrogen-bond donors (Lipinski definition) is 2. The Balaban J connectivity index is 1.52. The number of hydrogen-bond acceptors (Lipinski definition) is 7. The molecule has 2 atom stereocenters. The van der Waals surface area contributed by atoms with Crippen molar-refractivity contribution in [1.29, 1.82) is 0 Å². The molecule has 0 saturated carbocycles. The van der Waals surface area contributed by atoms with Crippen LogP contribution in [0.5, 0.6) is 0 Å². The van der Waals surface area contributed by atoms with Gasteiger partial charge in [-0.3, -0.25) is 4.90 Å². The SMILES string of the molecule is C=CC(O)N1CC[C@H](n2cc(C#Cc3ccc4oc(CC)nc4c3)c3c(N)ncnc32)C1. The number of benzene rings is 1. The zero-order valence-electron chi connectivity index (χ0n) is 17.8. The first kappa shape index (κ1) is 20.2. The second-order valence-corrected chi connectivity index (χ2v) is 7.89. The van der Waals surface area contributed by atoms with Gasteiger partial charge in [-0.05, 0) is 30.7 Å². The molecule has 0 radical (unpaired) electrons. The average molecular weight is 428 g/mol. The van der Waals surface area contributed by atoms with Gasteiger partial charge in [-0.1, -0.05) is 25.3 Å². The molecule has 1 aliphatic rings. The largest absolute Gasteiger partial charge is 0.441 e. The molecule has 32 heavy (non-hydrogen) atoms. The minimum Gasteiger partial charge on any atom is -0.441 e. The number of nitrogens with zero attached hydrogens (tertiary/aromatic N) is 5. The third-order valence-electron chi connectivity index (χ3n) is 5.89. The van der Waals surface area contributed by atoms with E-state index >= 15 is 0 Å². The number of aliphatic hydroxyl groups excluding tert-OH is 1. The molecule has 0 spiro atoms. The Morgan fingerprint density at radius 2 is 2.25 bits per heavy atom. The maximum absolute atomic E-state index is 10.1.